The van der Waals surface area contributed by atoms with Crippen molar-refractivity contribution in [1.29, 1.82) is 0 Å². The number of ether oxygens (including phenoxy) is 1. The zero-order valence-corrected chi connectivity index (χ0v) is 19.1. The fourth-order valence-corrected chi connectivity index (χ4v) is 3.16. The van der Waals surface area contributed by atoms with E-state index in [4.69, 9.17) is 9.16 Å². The lowest BCUT2D eigenvalue weighted by Crippen LogP contribution is -2.41. The Hall–Kier alpha value is -1.65. The summed E-state index contributed by atoms with van der Waals surface area (Å²) in [6, 6.07) is 9.08. The Bertz CT molecular complexity index is 652. The van der Waals surface area contributed by atoms with Crippen molar-refractivity contribution in [2.45, 2.75) is 65.6 Å². The molecule has 0 aromatic heterocycles. The fraction of sp³-hybridized carbons (Fsp3) is 0.522. The summed E-state index contributed by atoms with van der Waals surface area (Å²) in [4.78, 5) is 11.9. The molecule has 0 saturated carbocycles. The van der Waals surface area contributed by atoms with Crippen LogP contribution in [0.3, 0.4) is 0 Å². The first kappa shape index (κ1) is 23.4. The van der Waals surface area contributed by atoms with E-state index in [2.05, 4.69) is 53.8 Å². The largest absolute Gasteiger partial charge is 0.458 e. The molecule has 1 rings (SSSR count). The smallest absolute Gasteiger partial charge is 0.338 e. The molecule has 0 atom stereocenters. The first-order valence-corrected chi connectivity index (χ1v) is 12.6. The van der Waals surface area contributed by atoms with Gasteiger partial charge in [0, 0.05) is 0 Å². The first-order valence-electron chi connectivity index (χ1n) is 9.70. The lowest BCUT2D eigenvalue weighted by molar-refractivity contribution is 0.0549. The zero-order valence-electron chi connectivity index (χ0n) is 18.1. The van der Waals surface area contributed by atoms with Gasteiger partial charge < -0.3 is 9.16 Å². The van der Waals surface area contributed by atoms with Gasteiger partial charge in [-0.3, -0.25) is 0 Å². The minimum Gasteiger partial charge on any atom is -0.458 e. The topological polar surface area (TPSA) is 35.5 Å². The summed E-state index contributed by atoms with van der Waals surface area (Å²) in [5.74, 6) is -0.279. The number of esters is 1. The summed E-state index contributed by atoms with van der Waals surface area (Å²) < 4.78 is 11.5. The molecular formula is C23H36O3Si. The van der Waals surface area contributed by atoms with Crippen molar-refractivity contribution in [3.63, 3.8) is 0 Å². The number of carbonyl (C=O) groups is 1. The van der Waals surface area contributed by atoms with Gasteiger partial charge in [0.2, 0.25) is 0 Å². The molecule has 0 aliphatic rings. The molecule has 0 fully saturated rings. The summed E-state index contributed by atoms with van der Waals surface area (Å²) in [5.41, 5.74) is 3.09. The third kappa shape index (κ3) is 8.72. The molecule has 0 heterocycles. The van der Waals surface area contributed by atoms with Gasteiger partial charge >= 0.3 is 5.97 Å². The van der Waals surface area contributed by atoms with Crippen molar-refractivity contribution in [2.75, 3.05) is 13.2 Å². The van der Waals surface area contributed by atoms with E-state index in [-0.39, 0.29) is 11.0 Å². The first-order chi connectivity index (χ1) is 12.5. The van der Waals surface area contributed by atoms with Crippen molar-refractivity contribution in [2.24, 2.45) is 0 Å². The van der Waals surface area contributed by atoms with Gasteiger partial charge in [0.1, 0.15) is 6.61 Å². The molecule has 0 unspecified atom stereocenters. The number of hydrogen-bond acceptors (Lipinski definition) is 3. The molecule has 4 heteroatoms. The second kappa shape index (κ2) is 10.6. The molecule has 3 nitrogen and oxygen atoms in total. The second-order valence-corrected chi connectivity index (χ2v) is 13.5. The number of rotatable bonds is 9. The Morgan fingerprint density at radius 3 is 2.26 bits per heavy atom. The normalized spacial score (nSPS) is 13.6. The average Bonchev–Trinajstić information content (AvgIpc) is 2.59. The van der Waals surface area contributed by atoms with Crippen LogP contribution in [0.2, 0.25) is 18.1 Å². The van der Waals surface area contributed by atoms with Crippen molar-refractivity contribution in [1.82, 2.24) is 0 Å². The van der Waals surface area contributed by atoms with Gasteiger partial charge in [-0.1, -0.05) is 56.2 Å². The predicted molar refractivity (Wildman–Crippen MR) is 117 cm³/mol. The molecular weight excluding hydrogens is 352 g/mol. The van der Waals surface area contributed by atoms with Crippen LogP contribution in [0.1, 0.15) is 57.8 Å². The highest BCUT2D eigenvalue weighted by Crippen LogP contribution is 2.36. The highest BCUT2D eigenvalue weighted by molar-refractivity contribution is 6.74. The predicted octanol–water partition coefficient (Wildman–Crippen LogP) is 6.54. The van der Waals surface area contributed by atoms with E-state index in [1.807, 2.05) is 24.3 Å². The van der Waals surface area contributed by atoms with Gasteiger partial charge in [-0.25, -0.2) is 4.79 Å². The van der Waals surface area contributed by atoms with Crippen LogP contribution in [-0.2, 0) is 9.16 Å². The maximum Gasteiger partial charge on any atom is 0.338 e. The molecule has 0 N–H and O–H groups in total. The molecule has 1 aromatic carbocycles. The van der Waals surface area contributed by atoms with Crippen LogP contribution >= 0.6 is 0 Å². The Morgan fingerprint density at radius 1 is 1.04 bits per heavy atom. The minimum atomic E-state index is -1.69. The van der Waals surface area contributed by atoms with Crippen LogP contribution in [0.5, 0.6) is 0 Å². The fourth-order valence-electron chi connectivity index (χ4n) is 2.14. The Morgan fingerprint density at radius 2 is 1.67 bits per heavy atom. The van der Waals surface area contributed by atoms with E-state index >= 15 is 0 Å². The summed E-state index contributed by atoms with van der Waals surface area (Å²) >= 11 is 0. The number of benzene rings is 1. The maximum absolute atomic E-state index is 11.9. The Labute approximate surface area is 166 Å². The van der Waals surface area contributed by atoms with E-state index in [9.17, 15) is 4.79 Å². The van der Waals surface area contributed by atoms with Crippen molar-refractivity contribution < 1.29 is 14.0 Å². The molecule has 0 radical (unpaired) electrons. The summed E-state index contributed by atoms with van der Waals surface area (Å²) in [6.45, 7) is 16.6. The van der Waals surface area contributed by atoms with E-state index in [1.165, 1.54) is 11.1 Å². The van der Waals surface area contributed by atoms with E-state index in [0.29, 0.717) is 18.8 Å². The monoisotopic (exact) mass is 388 g/mol. The molecule has 27 heavy (non-hydrogen) atoms. The van der Waals surface area contributed by atoms with Gasteiger partial charge in [-0.15, -0.1) is 0 Å². The van der Waals surface area contributed by atoms with Gasteiger partial charge in [0.25, 0.3) is 0 Å². The van der Waals surface area contributed by atoms with Gasteiger partial charge in [-0.05, 0) is 63.0 Å². The van der Waals surface area contributed by atoms with E-state index < -0.39 is 8.32 Å². The lowest BCUT2D eigenvalue weighted by atomic mass is 10.1. The van der Waals surface area contributed by atoms with Crippen molar-refractivity contribution >= 4 is 14.3 Å². The van der Waals surface area contributed by atoms with E-state index in [1.54, 1.807) is 12.1 Å². The third-order valence-electron chi connectivity index (χ3n) is 5.15. The second-order valence-electron chi connectivity index (χ2n) is 8.65. The van der Waals surface area contributed by atoms with Gasteiger partial charge in [-0.2, -0.15) is 0 Å². The number of allylic oxidation sites excluding steroid dienone is 2. The Kier molecular flexibility index (Phi) is 9.20. The van der Waals surface area contributed by atoms with Gasteiger partial charge in [0.05, 0.1) is 12.2 Å². The molecule has 0 aliphatic heterocycles. The molecule has 0 aliphatic carbocycles. The van der Waals surface area contributed by atoms with Crippen LogP contribution < -0.4 is 0 Å². The molecule has 0 saturated heterocycles. The van der Waals surface area contributed by atoms with Crippen LogP contribution in [-0.4, -0.2) is 27.5 Å². The number of carbonyl (C=O) groups excluding carboxylic acids is 1. The van der Waals surface area contributed by atoms with Crippen LogP contribution in [0, 0.1) is 0 Å². The summed E-state index contributed by atoms with van der Waals surface area (Å²) in [7, 11) is -1.69. The molecule has 1 aromatic rings. The zero-order chi connectivity index (χ0) is 20.5. The lowest BCUT2D eigenvalue weighted by Gasteiger charge is -2.36. The van der Waals surface area contributed by atoms with Crippen LogP contribution in [0.25, 0.3) is 0 Å². The quantitative estimate of drug-likeness (QED) is 0.274. The summed E-state index contributed by atoms with van der Waals surface area (Å²) in [5, 5.41) is 0.240. The molecule has 0 amide bonds. The standard InChI is InChI=1S/C23H36O3Si/c1-19(16-17-25-22(24)21-14-9-8-10-15-21)12-11-13-20(2)18-26-27(6,7)23(3,4)5/h8-10,13-16H,11-12,17-18H2,1-7H3/b19-16+,20-13?. The highest BCUT2D eigenvalue weighted by Gasteiger charge is 2.36. The minimum absolute atomic E-state index is 0.240. The van der Waals surface area contributed by atoms with Gasteiger partial charge in [0.15, 0.2) is 8.32 Å². The van der Waals surface area contributed by atoms with Crippen LogP contribution in [0.15, 0.2) is 53.6 Å². The van der Waals surface area contributed by atoms with Crippen molar-refractivity contribution in [3.05, 3.63) is 59.2 Å². The third-order valence-corrected chi connectivity index (χ3v) is 9.63. The Balaban J connectivity index is 2.34. The SMILES string of the molecule is CC(=CCC/C(C)=C/COC(=O)c1ccccc1)CO[Si](C)(C)C(C)(C)C. The molecule has 150 valence electrons. The molecule has 0 spiro atoms. The van der Waals surface area contributed by atoms with Crippen LogP contribution in [0.4, 0.5) is 0 Å². The summed E-state index contributed by atoms with van der Waals surface area (Å²) in [6.07, 6.45) is 6.17. The average molecular weight is 389 g/mol. The highest BCUT2D eigenvalue weighted by atomic mass is 28.4. The molecule has 0 bridgehead atoms. The van der Waals surface area contributed by atoms with Crippen molar-refractivity contribution in [3.8, 4) is 0 Å². The number of hydrogen-bond donors (Lipinski definition) is 0. The maximum atomic E-state index is 11.9. The van der Waals surface area contributed by atoms with E-state index in [0.717, 1.165) is 12.8 Å².